The lowest BCUT2D eigenvalue weighted by atomic mass is 9.98. The molecule has 22 heavy (non-hydrogen) atoms. The molecule has 0 aromatic heterocycles. The van der Waals surface area contributed by atoms with Gasteiger partial charge in [0.25, 0.3) is 6.29 Å². The minimum absolute atomic E-state index is 0.0118. The van der Waals surface area contributed by atoms with Gasteiger partial charge in [-0.1, -0.05) is 40.0 Å². The number of primary amides is 1. The summed E-state index contributed by atoms with van der Waals surface area (Å²) in [5.74, 6) is -0.0118. The van der Waals surface area contributed by atoms with E-state index in [0.29, 0.717) is 6.54 Å². The van der Waals surface area contributed by atoms with Crippen LogP contribution in [0.25, 0.3) is 0 Å². The molecule has 1 aliphatic heterocycles. The Balaban J connectivity index is 2.62. The molecular weight excluding hydrogens is 284 g/mol. The second-order valence-corrected chi connectivity index (χ2v) is 5.92. The molecule has 2 N–H and O–H groups in total. The van der Waals surface area contributed by atoms with Gasteiger partial charge in [-0.2, -0.15) is 0 Å². The molecule has 1 aliphatic rings. The lowest BCUT2D eigenvalue weighted by Crippen LogP contribution is -2.52. The lowest BCUT2D eigenvalue weighted by molar-refractivity contribution is -0.113. The van der Waals surface area contributed by atoms with E-state index >= 15 is 0 Å². The van der Waals surface area contributed by atoms with Crippen molar-refractivity contribution >= 4 is 12.2 Å². The average molecular weight is 314 g/mol. The molecule has 0 aromatic rings. The summed E-state index contributed by atoms with van der Waals surface area (Å²) in [7, 11) is 0. The first kappa shape index (κ1) is 18.6. The van der Waals surface area contributed by atoms with Gasteiger partial charge in [0.15, 0.2) is 0 Å². The van der Waals surface area contributed by atoms with Crippen LogP contribution in [-0.2, 0) is 9.47 Å². The number of unbranched alkanes of at least 4 members (excludes halogenated alkanes) is 1. The summed E-state index contributed by atoms with van der Waals surface area (Å²) in [5.41, 5.74) is 5.12. The molecule has 6 heteroatoms. The molecular formula is C16H30N2O4. The minimum atomic E-state index is -0.901. The van der Waals surface area contributed by atoms with Crippen molar-refractivity contribution in [3.8, 4) is 0 Å². The Bertz CT molecular complexity index is 362. The summed E-state index contributed by atoms with van der Waals surface area (Å²) in [5, 5.41) is 0. The Labute approximate surface area is 133 Å². The highest BCUT2D eigenvalue weighted by atomic mass is 16.7. The topological polar surface area (TPSA) is 81.9 Å². The number of carbonyl (C=O) groups excluding carboxylic acids is 2. The zero-order valence-corrected chi connectivity index (χ0v) is 14.0. The molecule has 0 radical (unpaired) electrons. The summed E-state index contributed by atoms with van der Waals surface area (Å²) in [6.45, 7) is 6.89. The Morgan fingerprint density at radius 2 is 1.95 bits per heavy atom. The standard InChI is InChI=1S/C16H30N2O4/c1-4-7-9-12(6-3)14(21-15(17)19)22-16(20)18-11-10-13(18)8-5-2/h12-14H,4-11H2,1-3H3,(H2,17,19). The number of nitrogens with two attached hydrogens (primary N) is 1. The van der Waals surface area contributed by atoms with Gasteiger partial charge in [0.05, 0.1) is 0 Å². The molecule has 6 nitrogen and oxygen atoms in total. The van der Waals surface area contributed by atoms with Crippen molar-refractivity contribution in [2.75, 3.05) is 6.54 Å². The largest absolute Gasteiger partial charge is 0.413 e. The second-order valence-electron chi connectivity index (χ2n) is 5.92. The van der Waals surface area contributed by atoms with Gasteiger partial charge in [0.2, 0.25) is 0 Å². The van der Waals surface area contributed by atoms with Gasteiger partial charge in [0.1, 0.15) is 0 Å². The molecule has 0 saturated carbocycles. The quantitative estimate of drug-likeness (QED) is 0.659. The summed E-state index contributed by atoms with van der Waals surface area (Å²) in [4.78, 5) is 25.1. The fourth-order valence-electron chi connectivity index (χ4n) is 2.81. The first-order chi connectivity index (χ1) is 10.5. The molecule has 3 unspecified atom stereocenters. The number of hydrogen-bond donors (Lipinski definition) is 1. The first-order valence-electron chi connectivity index (χ1n) is 8.46. The first-order valence-corrected chi connectivity index (χ1v) is 8.46. The molecule has 3 atom stereocenters. The van der Waals surface area contributed by atoms with Crippen molar-refractivity contribution in [1.29, 1.82) is 0 Å². The zero-order valence-electron chi connectivity index (χ0n) is 14.0. The van der Waals surface area contributed by atoms with Gasteiger partial charge in [0, 0.05) is 18.5 Å². The Morgan fingerprint density at radius 3 is 2.41 bits per heavy atom. The van der Waals surface area contributed by atoms with Gasteiger partial charge in [-0.05, 0) is 25.7 Å². The zero-order chi connectivity index (χ0) is 16.5. The van der Waals surface area contributed by atoms with E-state index in [1.54, 1.807) is 4.90 Å². The SMILES string of the molecule is CCCCC(CC)C(OC(N)=O)OC(=O)N1CCC1CCC. The Hall–Kier alpha value is -1.46. The van der Waals surface area contributed by atoms with Gasteiger partial charge in [-0.3, -0.25) is 0 Å². The van der Waals surface area contributed by atoms with E-state index in [1.807, 2.05) is 6.92 Å². The molecule has 128 valence electrons. The Kier molecular flexibility index (Phi) is 8.06. The summed E-state index contributed by atoms with van der Waals surface area (Å²) >= 11 is 0. The van der Waals surface area contributed by atoms with E-state index < -0.39 is 18.5 Å². The van der Waals surface area contributed by atoms with Gasteiger partial charge < -0.3 is 20.1 Å². The minimum Gasteiger partial charge on any atom is -0.409 e. The smallest absolute Gasteiger partial charge is 0.409 e. The third kappa shape index (κ3) is 5.39. The van der Waals surface area contributed by atoms with E-state index in [2.05, 4.69) is 13.8 Å². The van der Waals surface area contributed by atoms with Crippen molar-refractivity contribution in [3.05, 3.63) is 0 Å². The normalized spacial score (nSPS) is 20.0. The fraction of sp³-hybridized carbons (Fsp3) is 0.875. The van der Waals surface area contributed by atoms with Crippen LogP contribution in [0.15, 0.2) is 0 Å². The highest BCUT2D eigenvalue weighted by molar-refractivity contribution is 5.70. The number of amides is 2. The molecule has 1 saturated heterocycles. The monoisotopic (exact) mass is 314 g/mol. The number of rotatable bonds is 9. The lowest BCUT2D eigenvalue weighted by Gasteiger charge is -2.41. The predicted octanol–water partition coefficient (Wildman–Crippen LogP) is 3.64. The van der Waals surface area contributed by atoms with Crippen molar-refractivity contribution in [3.63, 3.8) is 0 Å². The van der Waals surface area contributed by atoms with Crippen LogP contribution in [0.5, 0.6) is 0 Å². The van der Waals surface area contributed by atoms with Crippen LogP contribution in [0.1, 0.15) is 65.7 Å². The van der Waals surface area contributed by atoms with E-state index in [1.165, 1.54) is 0 Å². The van der Waals surface area contributed by atoms with Crippen LogP contribution in [0.2, 0.25) is 0 Å². The third-order valence-electron chi connectivity index (χ3n) is 4.29. The average Bonchev–Trinajstić information content (AvgIpc) is 2.43. The van der Waals surface area contributed by atoms with Gasteiger partial charge in [-0.15, -0.1) is 0 Å². The molecule has 0 bridgehead atoms. The summed E-state index contributed by atoms with van der Waals surface area (Å²) in [6, 6.07) is 0.252. The van der Waals surface area contributed by atoms with Crippen molar-refractivity contribution < 1.29 is 19.1 Å². The van der Waals surface area contributed by atoms with Gasteiger partial charge in [-0.25, -0.2) is 9.59 Å². The van der Waals surface area contributed by atoms with Crippen LogP contribution in [0, 0.1) is 5.92 Å². The molecule has 1 heterocycles. The van der Waals surface area contributed by atoms with Crippen LogP contribution in [-0.4, -0.2) is 36.0 Å². The molecule has 0 aliphatic carbocycles. The maximum Gasteiger partial charge on any atom is 0.413 e. The highest BCUT2D eigenvalue weighted by Crippen LogP contribution is 2.26. The number of hydrogen-bond acceptors (Lipinski definition) is 4. The number of carbonyl (C=O) groups is 2. The molecule has 1 fully saturated rings. The highest BCUT2D eigenvalue weighted by Gasteiger charge is 2.36. The van der Waals surface area contributed by atoms with Crippen LogP contribution < -0.4 is 5.73 Å². The van der Waals surface area contributed by atoms with E-state index in [0.717, 1.165) is 44.9 Å². The third-order valence-corrected chi connectivity index (χ3v) is 4.29. The summed E-state index contributed by atoms with van der Waals surface area (Å²) < 4.78 is 10.5. The van der Waals surface area contributed by atoms with Crippen LogP contribution in [0.3, 0.4) is 0 Å². The number of nitrogens with zero attached hydrogens (tertiary/aromatic N) is 1. The van der Waals surface area contributed by atoms with Crippen molar-refractivity contribution in [2.45, 2.75) is 78.0 Å². The fourth-order valence-corrected chi connectivity index (χ4v) is 2.81. The van der Waals surface area contributed by atoms with E-state index in [9.17, 15) is 9.59 Å². The molecule has 1 rings (SSSR count). The maximum atomic E-state index is 12.3. The van der Waals surface area contributed by atoms with E-state index in [4.69, 9.17) is 15.2 Å². The number of ether oxygens (including phenoxy) is 2. The molecule has 0 aromatic carbocycles. The van der Waals surface area contributed by atoms with Crippen molar-refractivity contribution in [1.82, 2.24) is 4.90 Å². The predicted molar refractivity (Wildman–Crippen MR) is 84.3 cm³/mol. The number of likely N-dealkylation sites (tertiary alicyclic amines) is 1. The molecule has 2 amide bonds. The Morgan fingerprint density at radius 1 is 1.23 bits per heavy atom. The van der Waals surface area contributed by atoms with E-state index in [-0.39, 0.29) is 12.0 Å². The van der Waals surface area contributed by atoms with Crippen LogP contribution in [0.4, 0.5) is 9.59 Å². The summed E-state index contributed by atoms with van der Waals surface area (Å²) in [6.07, 6.45) is 4.48. The van der Waals surface area contributed by atoms with Gasteiger partial charge >= 0.3 is 12.2 Å². The molecule has 0 spiro atoms. The maximum absolute atomic E-state index is 12.3. The van der Waals surface area contributed by atoms with Crippen molar-refractivity contribution in [2.24, 2.45) is 11.7 Å². The second kappa shape index (κ2) is 9.54. The van der Waals surface area contributed by atoms with Crippen LogP contribution >= 0.6 is 0 Å².